The molecule has 2 aromatic rings. The molecule has 0 aliphatic rings. The number of carbonyl (C=O) groups is 1. The quantitative estimate of drug-likeness (QED) is 0.761. The van der Waals surface area contributed by atoms with Crippen molar-refractivity contribution in [2.75, 3.05) is 39.7 Å². The molecule has 6 heteroatoms. The lowest BCUT2D eigenvalue weighted by Crippen LogP contribution is -2.31. The summed E-state index contributed by atoms with van der Waals surface area (Å²) < 4.78 is 10.6. The van der Waals surface area contributed by atoms with Gasteiger partial charge in [0, 0.05) is 17.3 Å². The Labute approximate surface area is 159 Å². The first-order chi connectivity index (χ1) is 12.4. The third-order valence-corrected chi connectivity index (χ3v) is 4.34. The van der Waals surface area contributed by atoms with Gasteiger partial charge in [0.25, 0.3) is 0 Å². The molecule has 0 spiro atoms. The lowest BCUT2D eigenvalue weighted by molar-refractivity contribution is -0.117. The van der Waals surface area contributed by atoms with Crippen LogP contribution in [0.4, 0.5) is 5.69 Å². The zero-order valence-corrected chi connectivity index (χ0v) is 16.4. The molecule has 1 amide bonds. The first kappa shape index (κ1) is 20.1. The summed E-state index contributed by atoms with van der Waals surface area (Å²) >= 11 is 5.94. The molecule has 0 aromatic heterocycles. The van der Waals surface area contributed by atoms with Crippen molar-refractivity contribution in [1.29, 1.82) is 0 Å². The van der Waals surface area contributed by atoms with E-state index in [0.29, 0.717) is 23.1 Å². The van der Waals surface area contributed by atoms with E-state index in [1.165, 1.54) is 0 Å². The Morgan fingerprint density at radius 2 is 1.85 bits per heavy atom. The summed E-state index contributed by atoms with van der Waals surface area (Å²) in [7, 11) is 5.16. The second-order valence-corrected chi connectivity index (χ2v) is 6.62. The first-order valence-corrected chi connectivity index (χ1v) is 8.76. The Morgan fingerprint density at radius 1 is 1.12 bits per heavy atom. The maximum absolute atomic E-state index is 12.2. The van der Waals surface area contributed by atoms with Gasteiger partial charge in [0.2, 0.25) is 5.91 Å². The topological polar surface area (TPSA) is 50.8 Å². The molecule has 140 valence electrons. The van der Waals surface area contributed by atoms with Gasteiger partial charge in [0.15, 0.2) is 11.5 Å². The highest BCUT2D eigenvalue weighted by molar-refractivity contribution is 6.30. The summed E-state index contributed by atoms with van der Waals surface area (Å²) in [5.41, 5.74) is 2.86. The number of nitrogens with one attached hydrogen (secondary N) is 1. The predicted molar refractivity (Wildman–Crippen MR) is 106 cm³/mol. The van der Waals surface area contributed by atoms with Gasteiger partial charge in [0.1, 0.15) is 0 Å². The van der Waals surface area contributed by atoms with Crippen LogP contribution in [0.2, 0.25) is 5.02 Å². The molecule has 0 bridgehead atoms. The van der Waals surface area contributed by atoms with Crippen molar-refractivity contribution in [3.63, 3.8) is 0 Å². The standard InChI is InChI=1S/C20H25ClN2O3/c1-14-11-16(21)6-7-17(14)22-20(24)13-23(2)10-9-15-5-8-18(25-3)19(12-15)26-4/h5-8,11-12H,9-10,13H2,1-4H3,(H,22,24). The Hall–Kier alpha value is -2.24. The van der Waals surface area contributed by atoms with E-state index in [-0.39, 0.29) is 5.91 Å². The highest BCUT2D eigenvalue weighted by atomic mass is 35.5. The van der Waals surface area contributed by atoms with Crippen LogP contribution in [0, 0.1) is 6.92 Å². The summed E-state index contributed by atoms with van der Waals surface area (Å²) in [5, 5.41) is 3.58. The van der Waals surface area contributed by atoms with Gasteiger partial charge in [-0.15, -0.1) is 0 Å². The van der Waals surface area contributed by atoms with Crippen LogP contribution in [0.5, 0.6) is 11.5 Å². The van der Waals surface area contributed by atoms with Crippen molar-refractivity contribution in [3.8, 4) is 11.5 Å². The van der Waals surface area contributed by atoms with Gasteiger partial charge < -0.3 is 14.8 Å². The summed E-state index contributed by atoms with van der Waals surface area (Å²) in [6.07, 6.45) is 0.810. The molecule has 26 heavy (non-hydrogen) atoms. The van der Waals surface area contributed by atoms with Gasteiger partial charge in [0.05, 0.1) is 20.8 Å². The van der Waals surface area contributed by atoms with E-state index in [0.717, 1.165) is 29.8 Å². The van der Waals surface area contributed by atoms with E-state index >= 15 is 0 Å². The number of benzene rings is 2. The molecule has 0 saturated heterocycles. The van der Waals surface area contributed by atoms with Crippen LogP contribution in [-0.2, 0) is 11.2 Å². The highest BCUT2D eigenvalue weighted by Crippen LogP contribution is 2.27. The fourth-order valence-corrected chi connectivity index (χ4v) is 2.86. The van der Waals surface area contributed by atoms with Crippen LogP contribution in [0.1, 0.15) is 11.1 Å². The number of nitrogens with zero attached hydrogens (tertiary/aromatic N) is 1. The monoisotopic (exact) mass is 376 g/mol. The minimum Gasteiger partial charge on any atom is -0.493 e. The average Bonchev–Trinajstić information content (AvgIpc) is 2.62. The molecule has 1 N–H and O–H groups in total. The average molecular weight is 377 g/mol. The van der Waals surface area contributed by atoms with Crippen LogP contribution in [0.15, 0.2) is 36.4 Å². The lowest BCUT2D eigenvalue weighted by Gasteiger charge is -2.17. The Morgan fingerprint density at radius 3 is 2.50 bits per heavy atom. The van der Waals surface area contributed by atoms with Crippen molar-refractivity contribution in [2.24, 2.45) is 0 Å². The second kappa shape index (κ2) is 9.46. The zero-order valence-electron chi connectivity index (χ0n) is 15.6. The molecular weight excluding hydrogens is 352 g/mol. The normalized spacial score (nSPS) is 10.7. The third kappa shape index (κ3) is 5.64. The fraction of sp³-hybridized carbons (Fsp3) is 0.350. The molecule has 0 fully saturated rings. The van der Waals surface area contributed by atoms with Crippen LogP contribution < -0.4 is 14.8 Å². The molecule has 5 nitrogen and oxygen atoms in total. The summed E-state index contributed by atoms with van der Waals surface area (Å²) in [6, 6.07) is 11.3. The number of aryl methyl sites for hydroxylation is 1. The maximum atomic E-state index is 12.2. The second-order valence-electron chi connectivity index (χ2n) is 6.18. The van der Waals surface area contributed by atoms with Crippen molar-refractivity contribution < 1.29 is 14.3 Å². The van der Waals surface area contributed by atoms with Crippen LogP contribution in [0.25, 0.3) is 0 Å². The van der Waals surface area contributed by atoms with E-state index in [9.17, 15) is 4.79 Å². The minimum atomic E-state index is -0.0507. The Bertz CT molecular complexity index is 765. The summed E-state index contributed by atoms with van der Waals surface area (Å²) in [4.78, 5) is 14.2. The first-order valence-electron chi connectivity index (χ1n) is 8.38. The molecule has 2 rings (SSSR count). The Kier molecular flexibility index (Phi) is 7.30. The van der Waals surface area contributed by atoms with E-state index in [1.54, 1.807) is 20.3 Å². The predicted octanol–water partition coefficient (Wildman–Crippen LogP) is 3.78. The molecule has 0 unspecified atom stereocenters. The van der Waals surface area contributed by atoms with Crippen molar-refractivity contribution in [2.45, 2.75) is 13.3 Å². The van der Waals surface area contributed by atoms with Gasteiger partial charge in [-0.2, -0.15) is 0 Å². The largest absolute Gasteiger partial charge is 0.493 e. The van der Waals surface area contributed by atoms with Crippen LogP contribution >= 0.6 is 11.6 Å². The fourth-order valence-electron chi connectivity index (χ4n) is 2.64. The van der Waals surface area contributed by atoms with Crippen molar-refractivity contribution in [1.82, 2.24) is 4.90 Å². The van der Waals surface area contributed by atoms with E-state index < -0.39 is 0 Å². The number of anilines is 1. The molecule has 2 aromatic carbocycles. The smallest absolute Gasteiger partial charge is 0.238 e. The van der Waals surface area contributed by atoms with Crippen molar-refractivity contribution in [3.05, 3.63) is 52.5 Å². The zero-order chi connectivity index (χ0) is 19.1. The van der Waals surface area contributed by atoms with Gasteiger partial charge in [-0.05, 0) is 61.9 Å². The maximum Gasteiger partial charge on any atom is 0.238 e. The molecular formula is C20H25ClN2O3. The Balaban J connectivity index is 1.86. The molecule has 0 radical (unpaired) electrons. The third-order valence-electron chi connectivity index (χ3n) is 4.11. The molecule has 0 heterocycles. The number of rotatable bonds is 8. The van der Waals surface area contributed by atoms with Crippen LogP contribution in [-0.4, -0.2) is 45.2 Å². The van der Waals surface area contributed by atoms with E-state index in [2.05, 4.69) is 5.32 Å². The number of hydrogen-bond donors (Lipinski definition) is 1. The number of hydrogen-bond acceptors (Lipinski definition) is 4. The lowest BCUT2D eigenvalue weighted by atomic mass is 10.1. The number of halogens is 1. The minimum absolute atomic E-state index is 0.0507. The molecule has 0 aliphatic carbocycles. The number of likely N-dealkylation sites (N-methyl/N-ethyl adjacent to an activating group) is 1. The van der Waals surface area contributed by atoms with Gasteiger partial charge >= 0.3 is 0 Å². The number of ether oxygens (including phenoxy) is 2. The number of amides is 1. The molecule has 0 aliphatic heterocycles. The van der Waals surface area contributed by atoms with Crippen molar-refractivity contribution >= 4 is 23.2 Å². The number of carbonyl (C=O) groups excluding carboxylic acids is 1. The summed E-state index contributed by atoms with van der Waals surface area (Å²) in [6.45, 7) is 2.99. The highest BCUT2D eigenvalue weighted by Gasteiger charge is 2.10. The van der Waals surface area contributed by atoms with Gasteiger partial charge in [-0.25, -0.2) is 0 Å². The summed E-state index contributed by atoms with van der Waals surface area (Å²) in [5.74, 6) is 1.37. The SMILES string of the molecule is COc1ccc(CCN(C)CC(=O)Nc2ccc(Cl)cc2C)cc1OC. The van der Waals surface area contributed by atoms with E-state index in [4.69, 9.17) is 21.1 Å². The van der Waals surface area contributed by atoms with Crippen LogP contribution in [0.3, 0.4) is 0 Å². The van der Waals surface area contributed by atoms with Gasteiger partial charge in [-0.3, -0.25) is 9.69 Å². The van der Waals surface area contributed by atoms with E-state index in [1.807, 2.05) is 49.2 Å². The number of methoxy groups -OCH3 is 2. The molecule has 0 atom stereocenters. The van der Waals surface area contributed by atoms with Gasteiger partial charge in [-0.1, -0.05) is 17.7 Å². The molecule has 0 saturated carbocycles.